The summed E-state index contributed by atoms with van der Waals surface area (Å²) in [5.74, 6) is 1.84. The molecule has 0 unspecified atom stereocenters. The summed E-state index contributed by atoms with van der Waals surface area (Å²) in [7, 11) is 2.16. The normalized spacial score (nSPS) is 17.9. The number of likely N-dealkylation sites (N-methyl/N-ethyl adjacent to an activating group) is 1. The highest BCUT2D eigenvalue weighted by molar-refractivity contribution is 5.86. The highest BCUT2D eigenvalue weighted by atomic mass is 16.1. The molecule has 4 rings (SSSR count). The molecular weight excluding hydrogens is 350 g/mol. The predicted octanol–water partition coefficient (Wildman–Crippen LogP) is 3.35. The van der Waals surface area contributed by atoms with Crippen LogP contribution in [0.1, 0.15) is 31.2 Å². The highest BCUT2D eigenvalue weighted by Gasteiger charge is 2.32. The number of carbonyl (C=O) groups excluding carboxylic acids is 1. The Balaban J connectivity index is 0.000000161. The largest absolute Gasteiger partial charge is 0.361 e. The zero-order chi connectivity index (χ0) is 19.8. The van der Waals surface area contributed by atoms with Crippen LogP contribution in [0.25, 0.3) is 10.9 Å². The summed E-state index contributed by atoms with van der Waals surface area (Å²) < 4.78 is 0. The third-order valence-electron chi connectivity index (χ3n) is 5.39. The second-order valence-electron chi connectivity index (χ2n) is 7.58. The van der Waals surface area contributed by atoms with Gasteiger partial charge in [0.05, 0.1) is 0 Å². The number of aldehydes is 1. The average Bonchev–Trinajstić information content (AvgIpc) is 3.48. The Morgan fingerprint density at radius 3 is 2.68 bits per heavy atom. The molecule has 0 atom stereocenters. The molecule has 0 radical (unpaired) electrons. The molecule has 150 valence electrons. The molecule has 6 nitrogen and oxygen atoms in total. The van der Waals surface area contributed by atoms with E-state index in [9.17, 15) is 4.79 Å². The zero-order valence-electron chi connectivity index (χ0n) is 16.8. The summed E-state index contributed by atoms with van der Waals surface area (Å²) in [6, 6.07) is 8.24. The number of aromatic nitrogens is 1. The third-order valence-corrected chi connectivity index (χ3v) is 5.39. The van der Waals surface area contributed by atoms with Gasteiger partial charge in [0.25, 0.3) is 0 Å². The molecule has 0 amide bonds. The Kier molecular flexibility index (Phi) is 7.37. The van der Waals surface area contributed by atoms with Crippen LogP contribution in [0.2, 0.25) is 0 Å². The smallest absolute Gasteiger partial charge is 0.130 e. The van der Waals surface area contributed by atoms with E-state index in [0.717, 1.165) is 45.3 Å². The second-order valence-corrected chi connectivity index (χ2v) is 7.58. The number of nitrogens with one attached hydrogen (secondary N) is 1. The van der Waals surface area contributed by atoms with Crippen LogP contribution in [-0.2, 0) is 11.2 Å². The van der Waals surface area contributed by atoms with Crippen molar-refractivity contribution in [3.63, 3.8) is 0 Å². The molecule has 1 saturated heterocycles. The number of fused-ring (bicyclic) bond motifs is 1. The Hall–Kier alpha value is -2.47. The van der Waals surface area contributed by atoms with Crippen LogP contribution in [0.4, 0.5) is 0 Å². The Labute approximate surface area is 167 Å². The van der Waals surface area contributed by atoms with Crippen molar-refractivity contribution in [2.24, 2.45) is 16.1 Å². The Morgan fingerprint density at radius 1 is 1.25 bits per heavy atom. The van der Waals surface area contributed by atoms with E-state index in [0.29, 0.717) is 12.3 Å². The molecule has 1 aliphatic heterocycles. The van der Waals surface area contributed by atoms with Crippen LogP contribution in [0.3, 0.4) is 0 Å². The summed E-state index contributed by atoms with van der Waals surface area (Å²) in [5.41, 5.74) is 2.48. The number of H-pyrrole nitrogens is 1. The first-order valence-corrected chi connectivity index (χ1v) is 10.2. The number of nitrogens with zero attached hydrogens (tertiary/aromatic N) is 4. The van der Waals surface area contributed by atoms with Gasteiger partial charge in [0.1, 0.15) is 12.1 Å². The summed E-state index contributed by atoms with van der Waals surface area (Å²) in [5, 5.41) is 9.12. The molecule has 1 N–H and O–H groups in total. The van der Waals surface area contributed by atoms with Crippen LogP contribution in [0, 0.1) is 5.92 Å². The number of aryl methyl sites for hydroxylation is 1. The number of benzene rings is 1. The molecule has 6 heteroatoms. The van der Waals surface area contributed by atoms with Crippen molar-refractivity contribution >= 4 is 29.7 Å². The number of unbranched alkanes of at least 4 members (excludes halogenated alkanes) is 1. The number of hydrogen-bond acceptors (Lipinski definition) is 4. The van der Waals surface area contributed by atoms with E-state index in [-0.39, 0.29) is 0 Å². The standard InChI is InChI=1S/C12H13NO.C10H18N4/c14-8-4-3-5-10-9-13-12-7-2-1-6-11(10)12;1-11-12-10(9-3-4-9)14-7-5-13(2)6-8-14/h1-2,6-9,13H,3-5H2;9H,1,3-8H2,2H3/b;12-10-. The van der Waals surface area contributed by atoms with Gasteiger partial charge < -0.3 is 19.6 Å². The van der Waals surface area contributed by atoms with Crippen molar-refractivity contribution in [1.82, 2.24) is 14.8 Å². The predicted molar refractivity (Wildman–Crippen MR) is 116 cm³/mol. The van der Waals surface area contributed by atoms with Gasteiger partial charge in [-0.05, 0) is 44.4 Å². The first-order valence-electron chi connectivity index (χ1n) is 10.2. The molecule has 1 saturated carbocycles. The van der Waals surface area contributed by atoms with Crippen LogP contribution < -0.4 is 0 Å². The number of carbonyl (C=O) groups is 1. The Morgan fingerprint density at radius 2 is 2.00 bits per heavy atom. The number of piperazine rings is 1. The fourth-order valence-electron chi connectivity index (χ4n) is 3.57. The lowest BCUT2D eigenvalue weighted by Crippen LogP contribution is -2.47. The van der Waals surface area contributed by atoms with Crippen LogP contribution >= 0.6 is 0 Å². The lowest BCUT2D eigenvalue weighted by molar-refractivity contribution is -0.107. The van der Waals surface area contributed by atoms with Crippen LogP contribution in [0.5, 0.6) is 0 Å². The minimum Gasteiger partial charge on any atom is -0.361 e. The molecule has 0 bridgehead atoms. The number of para-hydroxylation sites is 1. The van der Waals surface area contributed by atoms with Gasteiger partial charge >= 0.3 is 0 Å². The van der Waals surface area contributed by atoms with Gasteiger partial charge in [0.15, 0.2) is 0 Å². The Bertz CT molecular complexity index is 800. The average molecular weight is 382 g/mol. The van der Waals surface area contributed by atoms with E-state index in [1.54, 1.807) is 0 Å². The summed E-state index contributed by atoms with van der Waals surface area (Å²) in [6.07, 6.45) is 8.14. The lowest BCUT2D eigenvalue weighted by atomic mass is 10.1. The molecule has 2 fully saturated rings. The van der Waals surface area contributed by atoms with Crippen LogP contribution in [-0.4, -0.2) is 66.8 Å². The van der Waals surface area contributed by atoms with E-state index < -0.39 is 0 Å². The third kappa shape index (κ3) is 5.52. The van der Waals surface area contributed by atoms with Gasteiger partial charge in [-0.1, -0.05) is 18.2 Å². The van der Waals surface area contributed by atoms with E-state index in [4.69, 9.17) is 0 Å². The molecule has 28 heavy (non-hydrogen) atoms. The van der Waals surface area contributed by atoms with E-state index in [1.165, 1.54) is 35.1 Å². The van der Waals surface area contributed by atoms with E-state index >= 15 is 0 Å². The molecule has 1 aromatic carbocycles. The molecule has 1 aliphatic carbocycles. The maximum absolute atomic E-state index is 10.2. The minimum atomic E-state index is 0.652. The van der Waals surface area contributed by atoms with Gasteiger partial charge in [-0.3, -0.25) is 0 Å². The van der Waals surface area contributed by atoms with E-state index in [1.807, 2.05) is 18.3 Å². The van der Waals surface area contributed by atoms with Crippen molar-refractivity contribution in [3.05, 3.63) is 36.0 Å². The van der Waals surface area contributed by atoms with Gasteiger partial charge in [0.2, 0.25) is 0 Å². The zero-order valence-corrected chi connectivity index (χ0v) is 16.8. The van der Waals surface area contributed by atoms with Gasteiger partial charge in [-0.15, -0.1) is 5.10 Å². The number of amidine groups is 1. The van der Waals surface area contributed by atoms with Crippen molar-refractivity contribution < 1.29 is 4.79 Å². The molecular formula is C22H31N5O. The van der Waals surface area contributed by atoms with Crippen molar-refractivity contribution in [1.29, 1.82) is 0 Å². The molecule has 0 spiro atoms. The fraction of sp³-hybridized carbons (Fsp3) is 0.500. The lowest BCUT2D eigenvalue weighted by Gasteiger charge is -2.34. The van der Waals surface area contributed by atoms with Crippen LogP contribution in [0.15, 0.2) is 40.7 Å². The van der Waals surface area contributed by atoms with Gasteiger partial charge in [-0.2, -0.15) is 5.10 Å². The first kappa shape index (κ1) is 20.3. The summed E-state index contributed by atoms with van der Waals surface area (Å²) >= 11 is 0. The van der Waals surface area contributed by atoms with E-state index in [2.05, 4.69) is 50.9 Å². The quantitative estimate of drug-likeness (QED) is 0.274. The monoisotopic (exact) mass is 381 g/mol. The molecule has 2 aliphatic rings. The van der Waals surface area contributed by atoms with Gasteiger partial charge in [0, 0.05) is 62.3 Å². The van der Waals surface area contributed by atoms with Crippen molar-refractivity contribution in [2.45, 2.75) is 32.1 Å². The SMILES string of the molecule is C=N/N=C(/C1CC1)N1CCN(C)CC1.O=CCCCc1c[nH]c2ccccc12. The number of hydrogen-bond donors (Lipinski definition) is 1. The van der Waals surface area contributed by atoms with Crippen molar-refractivity contribution in [2.75, 3.05) is 33.2 Å². The summed E-state index contributed by atoms with van der Waals surface area (Å²) in [4.78, 5) is 18.1. The molecule has 2 aromatic rings. The molecule has 2 heterocycles. The molecule has 1 aromatic heterocycles. The van der Waals surface area contributed by atoms with Crippen molar-refractivity contribution in [3.8, 4) is 0 Å². The fourth-order valence-corrected chi connectivity index (χ4v) is 3.57. The van der Waals surface area contributed by atoms with Gasteiger partial charge in [-0.25, -0.2) is 0 Å². The number of rotatable bonds is 6. The summed E-state index contributed by atoms with van der Waals surface area (Å²) in [6.45, 7) is 7.87. The highest BCUT2D eigenvalue weighted by Crippen LogP contribution is 2.32. The first-order chi connectivity index (χ1) is 13.7. The maximum Gasteiger partial charge on any atom is 0.130 e. The maximum atomic E-state index is 10.2. The topological polar surface area (TPSA) is 64.1 Å². The minimum absolute atomic E-state index is 0.652. The number of aromatic amines is 1. The second kappa shape index (κ2) is 10.2.